The van der Waals surface area contributed by atoms with E-state index in [-0.39, 0.29) is 0 Å². The van der Waals surface area contributed by atoms with Crippen LogP contribution in [0.3, 0.4) is 0 Å². The van der Waals surface area contributed by atoms with Gasteiger partial charge in [-0.3, -0.25) is 11.3 Å². The monoisotopic (exact) mass is 260 g/mol. The third-order valence-corrected chi connectivity index (χ3v) is 7.16. The predicted octanol–water partition coefficient (Wildman–Crippen LogP) is 2.64. The maximum absolute atomic E-state index is 5.77. The molecule has 0 amide bonds. The molecule has 16 heavy (non-hydrogen) atoms. The first kappa shape index (κ1) is 13.1. The van der Waals surface area contributed by atoms with E-state index >= 15 is 0 Å². The Kier molecular flexibility index (Phi) is 5.33. The van der Waals surface area contributed by atoms with E-state index in [2.05, 4.69) is 35.9 Å². The average Bonchev–Trinajstić information content (AvgIpc) is 2.80. The van der Waals surface area contributed by atoms with Crippen molar-refractivity contribution in [3.63, 3.8) is 0 Å². The molecule has 1 saturated heterocycles. The van der Waals surface area contributed by atoms with E-state index in [0.29, 0.717) is 11.3 Å². The zero-order chi connectivity index (χ0) is 11.4. The van der Waals surface area contributed by atoms with Gasteiger partial charge in [0.2, 0.25) is 0 Å². The zero-order valence-electron chi connectivity index (χ0n) is 10.2. The van der Waals surface area contributed by atoms with Gasteiger partial charge in [0.25, 0.3) is 0 Å². The SMILES string of the molecule is CC1SCCSC1C(CC1CCCC1)NN. The van der Waals surface area contributed by atoms with Crippen LogP contribution in [-0.4, -0.2) is 28.0 Å². The minimum Gasteiger partial charge on any atom is -0.271 e. The van der Waals surface area contributed by atoms with Crippen molar-refractivity contribution in [3.05, 3.63) is 0 Å². The molecule has 0 radical (unpaired) electrons. The predicted molar refractivity (Wildman–Crippen MR) is 75.9 cm³/mol. The fourth-order valence-electron chi connectivity index (χ4n) is 2.99. The van der Waals surface area contributed by atoms with Crippen LogP contribution in [0.1, 0.15) is 39.0 Å². The van der Waals surface area contributed by atoms with Gasteiger partial charge in [0.1, 0.15) is 0 Å². The quantitative estimate of drug-likeness (QED) is 0.602. The molecule has 0 aromatic rings. The van der Waals surface area contributed by atoms with E-state index in [1.54, 1.807) is 0 Å². The molecule has 3 unspecified atom stereocenters. The van der Waals surface area contributed by atoms with Crippen molar-refractivity contribution in [1.29, 1.82) is 0 Å². The Hall–Kier alpha value is 0.620. The van der Waals surface area contributed by atoms with Crippen molar-refractivity contribution in [2.75, 3.05) is 11.5 Å². The maximum Gasteiger partial charge on any atom is 0.0342 e. The van der Waals surface area contributed by atoms with E-state index in [1.807, 2.05) is 0 Å². The van der Waals surface area contributed by atoms with E-state index < -0.39 is 0 Å². The molecule has 2 rings (SSSR count). The van der Waals surface area contributed by atoms with Gasteiger partial charge in [-0.1, -0.05) is 32.6 Å². The summed E-state index contributed by atoms with van der Waals surface area (Å²) in [5.41, 5.74) is 3.09. The molecule has 3 N–H and O–H groups in total. The third-order valence-electron chi connectivity index (χ3n) is 3.91. The Balaban J connectivity index is 1.86. The van der Waals surface area contributed by atoms with Crippen molar-refractivity contribution in [2.24, 2.45) is 11.8 Å². The highest BCUT2D eigenvalue weighted by Gasteiger charge is 2.31. The van der Waals surface area contributed by atoms with Crippen LogP contribution in [0.2, 0.25) is 0 Å². The lowest BCUT2D eigenvalue weighted by molar-refractivity contribution is 0.381. The highest BCUT2D eigenvalue weighted by Crippen LogP contribution is 2.37. The van der Waals surface area contributed by atoms with E-state index in [1.165, 1.54) is 43.6 Å². The summed E-state index contributed by atoms with van der Waals surface area (Å²) in [6, 6.07) is 0.524. The Morgan fingerprint density at radius 1 is 1.25 bits per heavy atom. The Labute approximate surface area is 108 Å². The van der Waals surface area contributed by atoms with E-state index in [9.17, 15) is 0 Å². The zero-order valence-corrected chi connectivity index (χ0v) is 11.8. The molecule has 1 saturated carbocycles. The van der Waals surface area contributed by atoms with Crippen LogP contribution in [0.4, 0.5) is 0 Å². The molecular weight excluding hydrogens is 236 g/mol. The molecule has 0 spiro atoms. The van der Waals surface area contributed by atoms with Gasteiger partial charge in [-0.2, -0.15) is 23.5 Å². The van der Waals surface area contributed by atoms with E-state index in [0.717, 1.165) is 11.2 Å². The summed E-state index contributed by atoms with van der Waals surface area (Å²) < 4.78 is 0. The molecule has 2 aliphatic rings. The molecule has 0 aromatic heterocycles. The number of nitrogens with one attached hydrogen (secondary N) is 1. The van der Waals surface area contributed by atoms with Crippen LogP contribution in [-0.2, 0) is 0 Å². The summed E-state index contributed by atoms with van der Waals surface area (Å²) in [6.45, 7) is 2.36. The molecule has 0 bridgehead atoms. The summed E-state index contributed by atoms with van der Waals surface area (Å²) in [5.74, 6) is 9.31. The molecule has 94 valence electrons. The molecule has 1 aliphatic carbocycles. The van der Waals surface area contributed by atoms with Gasteiger partial charge in [-0.15, -0.1) is 0 Å². The molecular formula is C12H24N2S2. The van der Waals surface area contributed by atoms with Crippen molar-refractivity contribution in [1.82, 2.24) is 5.43 Å². The van der Waals surface area contributed by atoms with Crippen LogP contribution in [0.5, 0.6) is 0 Å². The molecule has 1 aliphatic heterocycles. The van der Waals surface area contributed by atoms with Gasteiger partial charge in [0.05, 0.1) is 0 Å². The van der Waals surface area contributed by atoms with Gasteiger partial charge in [0.15, 0.2) is 0 Å². The smallest absolute Gasteiger partial charge is 0.0342 e. The lowest BCUT2D eigenvalue weighted by Gasteiger charge is -2.35. The second-order valence-corrected chi connectivity index (χ2v) is 7.84. The second-order valence-electron chi connectivity index (χ2n) is 5.07. The Morgan fingerprint density at radius 3 is 2.56 bits per heavy atom. The molecule has 4 heteroatoms. The molecule has 2 nitrogen and oxygen atoms in total. The number of thioether (sulfide) groups is 2. The molecule has 2 fully saturated rings. The summed E-state index contributed by atoms with van der Waals surface area (Å²) >= 11 is 4.24. The van der Waals surface area contributed by atoms with Crippen molar-refractivity contribution in [2.45, 2.75) is 55.6 Å². The normalized spacial score (nSPS) is 34.1. The Bertz CT molecular complexity index is 207. The minimum absolute atomic E-state index is 0.524. The van der Waals surface area contributed by atoms with Crippen LogP contribution in [0.15, 0.2) is 0 Å². The van der Waals surface area contributed by atoms with Crippen molar-refractivity contribution >= 4 is 23.5 Å². The average molecular weight is 260 g/mol. The first-order valence-corrected chi connectivity index (χ1v) is 8.60. The standard InChI is InChI=1S/C12H24N2S2/c1-9-12(16-7-6-15-9)11(14-13)8-10-4-2-3-5-10/h9-12,14H,2-8,13H2,1H3. The number of hydrogen-bond acceptors (Lipinski definition) is 4. The highest BCUT2D eigenvalue weighted by molar-refractivity contribution is 8.07. The lowest BCUT2D eigenvalue weighted by Crippen LogP contribution is -2.48. The van der Waals surface area contributed by atoms with Gasteiger partial charge in [-0.25, -0.2) is 0 Å². The van der Waals surface area contributed by atoms with E-state index in [4.69, 9.17) is 5.84 Å². The number of rotatable bonds is 4. The van der Waals surface area contributed by atoms with Crippen molar-refractivity contribution in [3.8, 4) is 0 Å². The second kappa shape index (κ2) is 6.53. The summed E-state index contributed by atoms with van der Waals surface area (Å²) in [7, 11) is 0. The molecule has 3 atom stereocenters. The summed E-state index contributed by atoms with van der Waals surface area (Å²) in [4.78, 5) is 0. The van der Waals surface area contributed by atoms with Gasteiger partial charge < -0.3 is 0 Å². The van der Waals surface area contributed by atoms with Crippen LogP contribution in [0, 0.1) is 5.92 Å². The molecule has 1 heterocycles. The van der Waals surface area contributed by atoms with Crippen LogP contribution in [0.25, 0.3) is 0 Å². The first-order valence-electron chi connectivity index (χ1n) is 6.50. The summed E-state index contributed by atoms with van der Waals surface area (Å²) in [5, 5.41) is 1.46. The fourth-order valence-corrected chi connectivity index (χ4v) is 5.95. The number of nitrogens with two attached hydrogens (primary N) is 1. The maximum atomic E-state index is 5.77. The lowest BCUT2D eigenvalue weighted by atomic mass is 9.96. The van der Waals surface area contributed by atoms with Gasteiger partial charge >= 0.3 is 0 Å². The third kappa shape index (κ3) is 3.31. The molecule has 0 aromatic carbocycles. The minimum atomic E-state index is 0.524. The topological polar surface area (TPSA) is 38.0 Å². The highest BCUT2D eigenvalue weighted by atomic mass is 32.2. The fraction of sp³-hybridized carbons (Fsp3) is 1.00. The largest absolute Gasteiger partial charge is 0.271 e. The van der Waals surface area contributed by atoms with Crippen LogP contribution >= 0.6 is 23.5 Å². The first-order chi connectivity index (χ1) is 7.81. The van der Waals surface area contributed by atoms with Crippen LogP contribution < -0.4 is 11.3 Å². The Morgan fingerprint density at radius 2 is 1.94 bits per heavy atom. The van der Waals surface area contributed by atoms with Gasteiger partial charge in [-0.05, 0) is 12.3 Å². The van der Waals surface area contributed by atoms with Crippen molar-refractivity contribution < 1.29 is 0 Å². The summed E-state index contributed by atoms with van der Waals surface area (Å²) in [6.07, 6.45) is 7.02. The number of hydrogen-bond donors (Lipinski definition) is 2. The van der Waals surface area contributed by atoms with Gasteiger partial charge in [0, 0.05) is 28.0 Å². The number of hydrazine groups is 1.